The van der Waals surface area contributed by atoms with E-state index in [4.69, 9.17) is 4.74 Å². The van der Waals surface area contributed by atoms with E-state index in [0.717, 1.165) is 37.3 Å². The molecule has 2 rings (SSSR count). The Hall–Kier alpha value is -0.970. The Bertz CT molecular complexity index is 512. The first-order chi connectivity index (χ1) is 8.78. The lowest BCUT2D eigenvalue weighted by molar-refractivity contribution is 0.307. The molecule has 1 aromatic carbocycles. The number of hydrogen-bond acceptors (Lipinski definition) is 3. The molecule has 20 heavy (non-hydrogen) atoms. The third-order valence-electron chi connectivity index (χ3n) is 3.41. The molecule has 0 saturated carbocycles. The third-order valence-corrected chi connectivity index (χ3v) is 3.41. The van der Waals surface area contributed by atoms with Crippen molar-refractivity contribution in [2.24, 2.45) is 0 Å². The van der Waals surface area contributed by atoms with Gasteiger partial charge in [0.05, 0.1) is 12.6 Å². The molecule has 1 aromatic heterocycles. The van der Waals surface area contributed by atoms with Crippen molar-refractivity contribution in [1.29, 1.82) is 0 Å². The van der Waals surface area contributed by atoms with E-state index in [2.05, 4.69) is 35.0 Å². The van der Waals surface area contributed by atoms with Gasteiger partial charge in [0.1, 0.15) is 5.75 Å². The molecule has 1 N–H and O–H groups in total. The molecule has 4 nitrogen and oxygen atoms in total. The summed E-state index contributed by atoms with van der Waals surface area (Å²) < 4.78 is 5.26. The van der Waals surface area contributed by atoms with Crippen LogP contribution in [0.25, 0.3) is 10.9 Å². The van der Waals surface area contributed by atoms with Crippen molar-refractivity contribution >= 4 is 35.7 Å². The summed E-state index contributed by atoms with van der Waals surface area (Å²) in [7, 11) is 1.69. The molecule has 6 heteroatoms. The van der Waals surface area contributed by atoms with Crippen LogP contribution in [0.1, 0.15) is 19.5 Å². The first-order valence-corrected chi connectivity index (χ1v) is 6.51. The van der Waals surface area contributed by atoms with E-state index < -0.39 is 0 Å². The number of aromatic amines is 1. The SMILES string of the molecule is CCN(CC)CCc1[nH]nc2ccc(OC)cc12.Cl.Cl. The summed E-state index contributed by atoms with van der Waals surface area (Å²) in [6.07, 6.45) is 0.991. The largest absolute Gasteiger partial charge is 0.497 e. The highest BCUT2D eigenvalue weighted by Crippen LogP contribution is 2.22. The van der Waals surface area contributed by atoms with Crippen LogP contribution >= 0.6 is 24.8 Å². The zero-order valence-corrected chi connectivity index (χ0v) is 13.8. The Balaban J connectivity index is 0.00000180. The molecule has 0 amide bonds. The number of likely N-dealkylation sites (N-methyl/N-ethyl adjacent to an activating group) is 1. The summed E-state index contributed by atoms with van der Waals surface area (Å²) in [5.74, 6) is 0.882. The first kappa shape index (κ1) is 19.0. The number of halogens is 2. The van der Waals surface area contributed by atoms with Crippen LogP contribution in [-0.4, -0.2) is 41.8 Å². The monoisotopic (exact) mass is 319 g/mol. The van der Waals surface area contributed by atoms with Crippen LogP contribution in [0.15, 0.2) is 18.2 Å². The Labute approximate surface area is 132 Å². The second-order valence-corrected chi connectivity index (χ2v) is 4.36. The van der Waals surface area contributed by atoms with Crippen LogP contribution in [0, 0.1) is 0 Å². The molecule has 0 spiro atoms. The van der Waals surface area contributed by atoms with Gasteiger partial charge >= 0.3 is 0 Å². The van der Waals surface area contributed by atoms with Crippen LogP contribution in [-0.2, 0) is 6.42 Å². The van der Waals surface area contributed by atoms with Gasteiger partial charge in [0.15, 0.2) is 0 Å². The molecule has 0 saturated heterocycles. The van der Waals surface area contributed by atoms with Crippen LogP contribution in [0.4, 0.5) is 0 Å². The van der Waals surface area contributed by atoms with Gasteiger partial charge in [0.25, 0.3) is 0 Å². The molecule has 0 bridgehead atoms. The van der Waals surface area contributed by atoms with Crippen molar-refractivity contribution < 1.29 is 4.74 Å². The van der Waals surface area contributed by atoms with Gasteiger partial charge in [-0.25, -0.2) is 0 Å². The van der Waals surface area contributed by atoms with Gasteiger partial charge in [-0.2, -0.15) is 5.10 Å². The number of rotatable bonds is 6. The smallest absolute Gasteiger partial charge is 0.119 e. The van der Waals surface area contributed by atoms with E-state index >= 15 is 0 Å². The van der Waals surface area contributed by atoms with Crippen molar-refractivity contribution in [2.45, 2.75) is 20.3 Å². The van der Waals surface area contributed by atoms with Gasteiger partial charge < -0.3 is 9.64 Å². The van der Waals surface area contributed by atoms with Crippen LogP contribution in [0.5, 0.6) is 5.75 Å². The maximum absolute atomic E-state index is 5.26. The maximum atomic E-state index is 5.26. The van der Waals surface area contributed by atoms with Gasteiger partial charge in [-0.15, -0.1) is 24.8 Å². The molecule has 0 aliphatic heterocycles. The predicted octanol–water partition coefficient (Wildman–Crippen LogP) is 3.30. The Morgan fingerprint density at radius 3 is 2.50 bits per heavy atom. The number of H-pyrrole nitrogens is 1. The highest BCUT2D eigenvalue weighted by atomic mass is 35.5. The van der Waals surface area contributed by atoms with Crippen LogP contribution in [0.3, 0.4) is 0 Å². The molecule has 0 radical (unpaired) electrons. The topological polar surface area (TPSA) is 41.2 Å². The van der Waals surface area contributed by atoms with Crippen molar-refractivity contribution in [2.75, 3.05) is 26.7 Å². The van der Waals surface area contributed by atoms with Gasteiger partial charge in [-0.3, -0.25) is 5.10 Å². The molecule has 0 aliphatic rings. The summed E-state index contributed by atoms with van der Waals surface area (Å²) in [5, 5.41) is 8.63. The summed E-state index contributed by atoms with van der Waals surface area (Å²) >= 11 is 0. The minimum atomic E-state index is 0. The summed E-state index contributed by atoms with van der Waals surface area (Å²) in [4.78, 5) is 2.41. The van der Waals surface area contributed by atoms with Gasteiger partial charge in [0, 0.05) is 24.0 Å². The predicted molar refractivity (Wildman–Crippen MR) is 88.6 cm³/mol. The van der Waals surface area contributed by atoms with Crippen molar-refractivity contribution in [1.82, 2.24) is 15.1 Å². The quantitative estimate of drug-likeness (QED) is 0.888. The van der Waals surface area contributed by atoms with E-state index in [0.29, 0.717) is 0 Å². The molecule has 0 unspecified atom stereocenters. The fourth-order valence-corrected chi connectivity index (χ4v) is 2.17. The number of methoxy groups -OCH3 is 1. The minimum Gasteiger partial charge on any atom is -0.497 e. The number of nitrogens with zero attached hydrogens (tertiary/aromatic N) is 2. The highest BCUT2D eigenvalue weighted by molar-refractivity contribution is 5.85. The average Bonchev–Trinajstić information content (AvgIpc) is 2.82. The van der Waals surface area contributed by atoms with Crippen molar-refractivity contribution in [3.05, 3.63) is 23.9 Å². The summed E-state index contributed by atoms with van der Waals surface area (Å²) in [6, 6.07) is 5.99. The van der Waals surface area contributed by atoms with E-state index in [1.807, 2.05) is 12.1 Å². The van der Waals surface area contributed by atoms with E-state index in [1.54, 1.807) is 7.11 Å². The second kappa shape index (κ2) is 9.06. The van der Waals surface area contributed by atoms with E-state index in [1.165, 1.54) is 11.1 Å². The minimum absolute atomic E-state index is 0. The first-order valence-electron chi connectivity index (χ1n) is 6.51. The van der Waals surface area contributed by atoms with Gasteiger partial charge in [0.2, 0.25) is 0 Å². The summed E-state index contributed by atoms with van der Waals surface area (Å²) in [6.45, 7) is 7.62. The number of benzene rings is 1. The van der Waals surface area contributed by atoms with Crippen molar-refractivity contribution in [3.63, 3.8) is 0 Å². The van der Waals surface area contributed by atoms with Gasteiger partial charge in [-0.1, -0.05) is 13.8 Å². The lowest BCUT2D eigenvalue weighted by atomic mass is 10.1. The van der Waals surface area contributed by atoms with E-state index in [9.17, 15) is 0 Å². The second-order valence-electron chi connectivity index (χ2n) is 4.36. The number of aromatic nitrogens is 2. The maximum Gasteiger partial charge on any atom is 0.119 e. The molecule has 114 valence electrons. The Kier molecular flexibility index (Phi) is 8.62. The number of ether oxygens (including phenoxy) is 1. The Morgan fingerprint density at radius 1 is 1.20 bits per heavy atom. The number of hydrogen-bond donors (Lipinski definition) is 1. The van der Waals surface area contributed by atoms with Crippen LogP contribution < -0.4 is 4.74 Å². The fraction of sp³-hybridized carbons (Fsp3) is 0.500. The van der Waals surface area contributed by atoms with Crippen LogP contribution in [0.2, 0.25) is 0 Å². The molecule has 0 aliphatic carbocycles. The lowest BCUT2D eigenvalue weighted by Crippen LogP contribution is -2.25. The molecular weight excluding hydrogens is 297 g/mol. The normalized spacial score (nSPS) is 10.2. The highest BCUT2D eigenvalue weighted by Gasteiger charge is 2.08. The molecule has 0 atom stereocenters. The number of fused-ring (bicyclic) bond motifs is 1. The van der Waals surface area contributed by atoms with Gasteiger partial charge in [-0.05, 0) is 31.3 Å². The standard InChI is InChI=1S/C14H21N3O.2ClH/c1-4-17(5-2)9-8-14-12-10-11(18-3)6-7-13(12)15-16-14;;/h6-7,10H,4-5,8-9H2,1-3H3,(H,15,16);2*1H. The fourth-order valence-electron chi connectivity index (χ4n) is 2.17. The van der Waals surface area contributed by atoms with Crippen molar-refractivity contribution in [3.8, 4) is 5.75 Å². The summed E-state index contributed by atoms with van der Waals surface area (Å²) in [5.41, 5.74) is 2.20. The van der Waals surface area contributed by atoms with E-state index in [-0.39, 0.29) is 24.8 Å². The molecule has 1 heterocycles. The zero-order chi connectivity index (χ0) is 13.0. The third kappa shape index (κ3) is 4.27. The Morgan fingerprint density at radius 2 is 1.90 bits per heavy atom. The lowest BCUT2D eigenvalue weighted by Gasteiger charge is -2.17. The molecule has 0 fully saturated rings. The molecule has 2 aromatic rings. The average molecular weight is 320 g/mol. The number of nitrogens with one attached hydrogen (secondary N) is 1. The zero-order valence-electron chi connectivity index (χ0n) is 12.2. The molecular formula is C14H23Cl2N3O.